The molecule has 0 unspecified atom stereocenters. The molecule has 0 spiro atoms. The SMILES string of the molecule is CCn1ccnc1CC(=O)CC1CCSCC1. The number of Topliss-reactive ketones (excluding diaryl/α,β-unsaturated/α-hetero) is 1. The van der Waals surface area contributed by atoms with E-state index in [2.05, 4.69) is 16.5 Å². The van der Waals surface area contributed by atoms with Crippen molar-refractivity contribution in [2.75, 3.05) is 11.5 Å². The minimum Gasteiger partial charge on any atom is -0.335 e. The lowest BCUT2D eigenvalue weighted by atomic mass is 9.95. The van der Waals surface area contributed by atoms with Gasteiger partial charge in [-0.1, -0.05) is 0 Å². The van der Waals surface area contributed by atoms with Gasteiger partial charge in [0.05, 0.1) is 6.42 Å². The molecule has 0 N–H and O–H groups in total. The zero-order chi connectivity index (χ0) is 12.1. The van der Waals surface area contributed by atoms with E-state index in [0.717, 1.165) is 18.8 Å². The first-order chi connectivity index (χ1) is 8.29. The van der Waals surface area contributed by atoms with Crippen molar-refractivity contribution in [2.24, 2.45) is 5.92 Å². The summed E-state index contributed by atoms with van der Waals surface area (Å²) in [5, 5.41) is 0. The van der Waals surface area contributed by atoms with E-state index in [1.54, 1.807) is 6.20 Å². The maximum atomic E-state index is 12.0. The van der Waals surface area contributed by atoms with Crippen molar-refractivity contribution < 1.29 is 4.79 Å². The Morgan fingerprint density at radius 3 is 3.00 bits per heavy atom. The fraction of sp³-hybridized carbons (Fsp3) is 0.692. The van der Waals surface area contributed by atoms with Crippen LogP contribution in [0.4, 0.5) is 0 Å². The van der Waals surface area contributed by atoms with Crippen molar-refractivity contribution in [2.45, 2.75) is 39.2 Å². The summed E-state index contributed by atoms with van der Waals surface area (Å²) in [7, 11) is 0. The molecule has 2 heterocycles. The van der Waals surface area contributed by atoms with E-state index in [9.17, 15) is 4.79 Å². The molecule has 0 aliphatic carbocycles. The van der Waals surface area contributed by atoms with Crippen LogP contribution in [0.2, 0.25) is 0 Å². The van der Waals surface area contributed by atoms with Gasteiger partial charge in [0.15, 0.2) is 0 Å². The Morgan fingerprint density at radius 1 is 1.53 bits per heavy atom. The summed E-state index contributed by atoms with van der Waals surface area (Å²) in [5.41, 5.74) is 0. The molecule has 1 saturated heterocycles. The maximum absolute atomic E-state index is 12.0. The van der Waals surface area contributed by atoms with Gasteiger partial charge >= 0.3 is 0 Å². The Labute approximate surface area is 107 Å². The summed E-state index contributed by atoms with van der Waals surface area (Å²) in [6.07, 6.45) is 7.39. The first-order valence-electron chi connectivity index (χ1n) is 6.39. The van der Waals surface area contributed by atoms with Crippen LogP contribution in [0, 0.1) is 5.92 Å². The average Bonchev–Trinajstić information content (AvgIpc) is 2.77. The summed E-state index contributed by atoms with van der Waals surface area (Å²) in [4.78, 5) is 16.2. The van der Waals surface area contributed by atoms with Crippen LogP contribution in [0.25, 0.3) is 0 Å². The lowest BCUT2D eigenvalue weighted by Gasteiger charge is -2.20. The highest BCUT2D eigenvalue weighted by Gasteiger charge is 2.18. The van der Waals surface area contributed by atoms with Crippen LogP contribution in [0.3, 0.4) is 0 Å². The minimum absolute atomic E-state index is 0.350. The van der Waals surface area contributed by atoms with Crippen molar-refractivity contribution in [3.05, 3.63) is 18.2 Å². The molecule has 1 fully saturated rings. The van der Waals surface area contributed by atoms with Crippen LogP contribution in [0.1, 0.15) is 32.0 Å². The van der Waals surface area contributed by atoms with Gasteiger partial charge < -0.3 is 4.57 Å². The molecule has 94 valence electrons. The normalized spacial score (nSPS) is 17.2. The average molecular weight is 252 g/mol. The third-order valence-electron chi connectivity index (χ3n) is 3.35. The van der Waals surface area contributed by atoms with Crippen molar-refractivity contribution in [3.8, 4) is 0 Å². The van der Waals surface area contributed by atoms with Crippen molar-refractivity contribution in [3.63, 3.8) is 0 Å². The lowest BCUT2D eigenvalue weighted by molar-refractivity contribution is -0.119. The zero-order valence-corrected chi connectivity index (χ0v) is 11.2. The van der Waals surface area contributed by atoms with Gasteiger partial charge in [0.25, 0.3) is 0 Å². The van der Waals surface area contributed by atoms with Crippen molar-refractivity contribution in [1.82, 2.24) is 9.55 Å². The number of hydrogen-bond acceptors (Lipinski definition) is 3. The van der Waals surface area contributed by atoms with E-state index in [1.165, 1.54) is 24.3 Å². The van der Waals surface area contributed by atoms with Gasteiger partial charge in [0, 0.05) is 25.4 Å². The van der Waals surface area contributed by atoms with Crippen LogP contribution in [0.5, 0.6) is 0 Å². The van der Waals surface area contributed by atoms with E-state index < -0.39 is 0 Å². The molecule has 1 aromatic rings. The van der Waals surface area contributed by atoms with Crippen molar-refractivity contribution in [1.29, 1.82) is 0 Å². The fourth-order valence-corrected chi connectivity index (χ4v) is 3.52. The number of hydrogen-bond donors (Lipinski definition) is 0. The number of ketones is 1. The molecular weight excluding hydrogens is 232 g/mol. The quantitative estimate of drug-likeness (QED) is 0.808. The zero-order valence-electron chi connectivity index (χ0n) is 10.4. The van der Waals surface area contributed by atoms with Gasteiger partial charge in [-0.3, -0.25) is 4.79 Å². The van der Waals surface area contributed by atoms with Crippen LogP contribution in [0.15, 0.2) is 12.4 Å². The predicted octanol–water partition coefficient (Wildman–Crippen LogP) is 2.55. The molecular formula is C13H20N2OS. The van der Waals surface area contributed by atoms with Crippen LogP contribution in [-0.2, 0) is 17.8 Å². The highest BCUT2D eigenvalue weighted by atomic mass is 32.2. The number of carbonyl (C=O) groups is 1. The third-order valence-corrected chi connectivity index (χ3v) is 4.40. The molecule has 0 bridgehead atoms. The molecule has 0 aromatic carbocycles. The number of rotatable bonds is 5. The van der Waals surface area contributed by atoms with E-state index in [-0.39, 0.29) is 0 Å². The van der Waals surface area contributed by atoms with E-state index in [0.29, 0.717) is 18.1 Å². The Bertz CT molecular complexity index is 369. The topological polar surface area (TPSA) is 34.9 Å². The molecule has 0 atom stereocenters. The Morgan fingerprint density at radius 2 is 2.29 bits per heavy atom. The van der Waals surface area contributed by atoms with Gasteiger partial charge in [0.1, 0.15) is 11.6 Å². The Balaban J connectivity index is 1.84. The summed E-state index contributed by atoms with van der Waals surface area (Å²) in [5.74, 6) is 4.34. The van der Waals surface area contributed by atoms with Crippen molar-refractivity contribution >= 4 is 17.5 Å². The summed E-state index contributed by atoms with van der Waals surface area (Å²) in [6.45, 7) is 2.97. The van der Waals surface area contributed by atoms with E-state index >= 15 is 0 Å². The van der Waals surface area contributed by atoms with Gasteiger partial charge in [-0.25, -0.2) is 4.98 Å². The molecule has 3 nitrogen and oxygen atoms in total. The van der Waals surface area contributed by atoms with Gasteiger partial charge in [-0.15, -0.1) is 0 Å². The first kappa shape index (κ1) is 12.7. The largest absolute Gasteiger partial charge is 0.335 e. The molecule has 17 heavy (non-hydrogen) atoms. The number of imidazole rings is 1. The molecule has 0 radical (unpaired) electrons. The third kappa shape index (κ3) is 3.60. The predicted molar refractivity (Wildman–Crippen MR) is 71.3 cm³/mol. The van der Waals surface area contributed by atoms with Crippen LogP contribution < -0.4 is 0 Å². The highest BCUT2D eigenvalue weighted by Crippen LogP contribution is 2.25. The smallest absolute Gasteiger partial charge is 0.140 e. The maximum Gasteiger partial charge on any atom is 0.140 e. The summed E-state index contributed by atoms with van der Waals surface area (Å²) in [6, 6.07) is 0. The van der Waals surface area contributed by atoms with E-state index in [4.69, 9.17) is 0 Å². The Hall–Kier alpha value is -0.770. The molecule has 4 heteroatoms. The first-order valence-corrected chi connectivity index (χ1v) is 7.54. The number of carbonyl (C=O) groups excluding carboxylic acids is 1. The molecule has 0 amide bonds. The number of aryl methyl sites for hydroxylation is 1. The monoisotopic (exact) mass is 252 g/mol. The van der Waals surface area contributed by atoms with Gasteiger partial charge in [-0.2, -0.15) is 11.8 Å². The molecule has 0 saturated carbocycles. The second kappa shape index (κ2) is 6.24. The Kier molecular flexibility index (Phi) is 4.66. The second-order valence-corrected chi connectivity index (χ2v) is 5.83. The van der Waals surface area contributed by atoms with Crippen LogP contribution in [-0.4, -0.2) is 26.8 Å². The number of aromatic nitrogens is 2. The second-order valence-electron chi connectivity index (χ2n) is 4.60. The summed E-state index contributed by atoms with van der Waals surface area (Å²) < 4.78 is 2.05. The standard InChI is InChI=1S/C13H20N2OS/c1-2-15-6-5-14-13(15)10-12(16)9-11-3-7-17-8-4-11/h5-6,11H,2-4,7-10H2,1H3. The lowest BCUT2D eigenvalue weighted by Crippen LogP contribution is -2.17. The molecule has 1 aromatic heterocycles. The van der Waals surface area contributed by atoms with Gasteiger partial charge in [-0.05, 0) is 37.2 Å². The number of thioether (sulfide) groups is 1. The fourth-order valence-electron chi connectivity index (χ4n) is 2.32. The molecule has 2 rings (SSSR count). The molecule has 1 aliphatic heterocycles. The van der Waals surface area contributed by atoms with E-state index in [1.807, 2.05) is 18.0 Å². The van der Waals surface area contributed by atoms with Crippen LogP contribution >= 0.6 is 11.8 Å². The highest BCUT2D eigenvalue weighted by molar-refractivity contribution is 7.99. The summed E-state index contributed by atoms with van der Waals surface area (Å²) >= 11 is 2.01. The number of nitrogens with zero attached hydrogens (tertiary/aromatic N) is 2. The van der Waals surface area contributed by atoms with Gasteiger partial charge in [0.2, 0.25) is 0 Å². The molecule has 1 aliphatic rings. The minimum atomic E-state index is 0.350.